The van der Waals surface area contributed by atoms with E-state index in [1.807, 2.05) is 12.1 Å². The zero-order valence-electron chi connectivity index (χ0n) is 26.9. The fourth-order valence-corrected chi connectivity index (χ4v) is 5.84. The van der Waals surface area contributed by atoms with E-state index in [9.17, 15) is 0 Å². The minimum absolute atomic E-state index is 0.869. The summed E-state index contributed by atoms with van der Waals surface area (Å²) in [5.74, 6) is 1.74. The Morgan fingerprint density at radius 1 is 0.356 bits per heavy atom. The predicted molar refractivity (Wildman–Crippen MR) is 190 cm³/mol. The third-order valence-corrected chi connectivity index (χ3v) is 8.99. The number of ether oxygens (including phenoxy) is 1. The molecule has 0 unspecified atom stereocenters. The second-order valence-electron chi connectivity index (χ2n) is 12.4. The highest BCUT2D eigenvalue weighted by Crippen LogP contribution is 2.27. The normalized spacial score (nSPS) is 11.0. The van der Waals surface area contributed by atoms with Gasteiger partial charge in [0.25, 0.3) is 0 Å². The topological polar surface area (TPSA) is 9.23 Å². The fourth-order valence-electron chi connectivity index (χ4n) is 5.84. The van der Waals surface area contributed by atoms with Gasteiger partial charge in [-0.15, -0.1) is 0 Å². The second-order valence-corrected chi connectivity index (χ2v) is 12.4. The van der Waals surface area contributed by atoms with Crippen molar-refractivity contribution in [2.24, 2.45) is 0 Å². The Balaban J connectivity index is 0.999. The van der Waals surface area contributed by atoms with E-state index in [1.54, 1.807) is 0 Å². The number of hydrogen-bond acceptors (Lipinski definition) is 1. The molecule has 1 heteroatoms. The van der Waals surface area contributed by atoms with Gasteiger partial charge in [-0.25, -0.2) is 0 Å². The number of rotatable bonds is 10. The van der Waals surface area contributed by atoms with Gasteiger partial charge >= 0.3 is 0 Å². The van der Waals surface area contributed by atoms with Crippen molar-refractivity contribution in [2.75, 3.05) is 0 Å². The molecule has 6 rings (SSSR count). The van der Waals surface area contributed by atoms with Crippen LogP contribution in [0.4, 0.5) is 0 Å². The first-order valence-electron chi connectivity index (χ1n) is 16.1. The zero-order chi connectivity index (χ0) is 31.2. The second kappa shape index (κ2) is 13.8. The molecule has 45 heavy (non-hydrogen) atoms. The molecule has 0 bridgehead atoms. The van der Waals surface area contributed by atoms with Gasteiger partial charge in [0.05, 0.1) is 0 Å². The van der Waals surface area contributed by atoms with Crippen LogP contribution in [0.5, 0.6) is 11.5 Å². The number of benzene rings is 6. The summed E-state index contributed by atoms with van der Waals surface area (Å²) in [6, 6.07) is 48.4. The van der Waals surface area contributed by atoms with Crippen molar-refractivity contribution in [1.29, 1.82) is 0 Å². The summed E-state index contributed by atoms with van der Waals surface area (Å²) in [5, 5.41) is 0. The summed E-state index contributed by atoms with van der Waals surface area (Å²) in [4.78, 5) is 0. The third kappa shape index (κ3) is 7.80. The van der Waals surface area contributed by atoms with Crippen LogP contribution in [0.25, 0.3) is 22.3 Å². The first-order valence-corrected chi connectivity index (χ1v) is 16.1. The van der Waals surface area contributed by atoms with Crippen molar-refractivity contribution >= 4 is 0 Å². The molecule has 6 aromatic carbocycles. The van der Waals surface area contributed by atoms with Crippen LogP contribution in [0.15, 0.2) is 133 Å². The van der Waals surface area contributed by atoms with Crippen LogP contribution in [-0.4, -0.2) is 0 Å². The Kier molecular flexibility index (Phi) is 9.27. The lowest BCUT2D eigenvalue weighted by atomic mass is 9.94. The van der Waals surface area contributed by atoms with Gasteiger partial charge in [-0.05, 0) is 139 Å². The third-order valence-electron chi connectivity index (χ3n) is 8.99. The quantitative estimate of drug-likeness (QED) is 0.155. The molecule has 0 aliphatic rings. The summed E-state index contributed by atoms with van der Waals surface area (Å²) in [6.07, 6.45) is 4.12. The molecule has 1 nitrogen and oxygen atoms in total. The molecule has 0 saturated heterocycles. The maximum Gasteiger partial charge on any atom is 0.127 e. The first kappa shape index (κ1) is 30.2. The summed E-state index contributed by atoms with van der Waals surface area (Å²) in [5.41, 5.74) is 15.9. The SMILES string of the molecule is Cc1ccc(Oc2ccc(CCc3ccc(-c4ccc(CCc5ccc(-c6ccc(C)c(C)c6)cc5C)cc4)cc3)cc2)cc1. The molecule has 0 fully saturated rings. The molecular weight excluding hydrogens is 544 g/mol. The van der Waals surface area contributed by atoms with Crippen molar-refractivity contribution < 1.29 is 4.74 Å². The summed E-state index contributed by atoms with van der Waals surface area (Å²) >= 11 is 0. The highest BCUT2D eigenvalue weighted by molar-refractivity contribution is 5.66. The lowest BCUT2D eigenvalue weighted by molar-refractivity contribution is 0.482. The Morgan fingerprint density at radius 2 is 0.778 bits per heavy atom. The van der Waals surface area contributed by atoms with Gasteiger partial charge in [-0.1, -0.05) is 115 Å². The summed E-state index contributed by atoms with van der Waals surface area (Å²) in [6.45, 7) is 8.68. The van der Waals surface area contributed by atoms with E-state index < -0.39 is 0 Å². The summed E-state index contributed by atoms with van der Waals surface area (Å²) in [7, 11) is 0. The molecule has 0 heterocycles. The highest BCUT2D eigenvalue weighted by atomic mass is 16.5. The van der Waals surface area contributed by atoms with Crippen LogP contribution in [0.3, 0.4) is 0 Å². The standard InChI is InChI=1S/C44H42O/c1-31-5-25-43(26-6-31)45-44-27-15-36(16-28-44)9-8-35-11-19-39(20-12-35)40-21-13-37(14-22-40)10-18-38-23-24-42(30-34(38)4)41-17-7-32(2)33(3)29-41/h5-7,11-17,19-30H,8-10,18H2,1-4H3. The van der Waals surface area contributed by atoms with Crippen molar-refractivity contribution in [3.05, 3.63) is 178 Å². The van der Waals surface area contributed by atoms with Crippen LogP contribution >= 0.6 is 0 Å². The van der Waals surface area contributed by atoms with Crippen molar-refractivity contribution in [3.63, 3.8) is 0 Å². The smallest absolute Gasteiger partial charge is 0.127 e. The molecule has 0 aromatic heterocycles. The monoisotopic (exact) mass is 586 g/mol. The minimum Gasteiger partial charge on any atom is -0.457 e. The molecule has 0 aliphatic carbocycles. The van der Waals surface area contributed by atoms with Crippen LogP contribution in [0.1, 0.15) is 44.5 Å². The molecule has 6 aromatic rings. The van der Waals surface area contributed by atoms with E-state index in [1.165, 1.54) is 66.8 Å². The Hall–Kier alpha value is -4.88. The molecule has 224 valence electrons. The molecule has 0 spiro atoms. The Bertz CT molecular complexity index is 1860. The lowest BCUT2D eigenvalue weighted by Crippen LogP contribution is -1.95. The molecular formula is C44H42O. The molecule has 0 atom stereocenters. The van der Waals surface area contributed by atoms with Gasteiger partial charge in [-0.3, -0.25) is 0 Å². The average Bonchev–Trinajstić information content (AvgIpc) is 3.07. The zero-order valence-corrected chi connectivity index (χ0v) is 26.9. The van der Waals surface area contributed by atoms with E-state index in [2.05, 4.69) is 149 Å². The highest BCUT2D eigenvalue weighted by Gasteiger charge is 2.06. The van der Waals surface area contributed by atoms with Crippen LogP contribution in [-0.2, 0) is 25.7 Å². The van der Waals surface area contributed by atoms with E-state index in [-0.39, 0.29) is 0 Å². The predicted octanol–water partition coefficient (Wildman–Crippen LogP) is 11.6. The lowest BCUT2D eigenvalue weighted by Gasteiger charge is -2.11. The maximum absolute atomic E-state index is 5.98. The first-order chi connectivity index (χ1) is 21.9. The average molecular weight is 587 g/mol. The van der Waals surface area contributed by atoms with Crippen molar-refractivity contribution in [2.45, 2.75) is 53.4 Å². The van der Waals surface area contributed by atoms with Crippen LogP contribution < -0.4 is 4.74 Å². The molecule has 0 N–H and O–H groups in total. The molecule has 0 aliphatic heterocycles. The van der Waals surface area contributed by atoms with Gasteiger partial charge in [0, 0.05) is 0 Å². The van der Waals surface area contributed by atoms with Crippen LogP contribution in [0, 0.1) is 27.7 Å². The minimum atomic E-state index is 0.869. The largest absolute Gasteiger partial charge is 0.457 e. The van der Waals surface area contributed by atoms with Gasteiger partial charge < -0.3 is 4.74 Å². The van der Waals surface area contributed by atoms with Gasteiger partial charge in [0.15, 0.2) is 0 Å². The van der Waals surface area contributed by atoms with E-state index >= 15 is 0 Å². The maximum atomic E-state index is 5.98. The molecule has 0 saturated carbocycles. The molecule has 0 radical (unpaired) electrons. The fraction of sp³-hybridized carbons (Fsp3) is 0.182. The van der Waals surface area contributed by atoms with Crippen molar-refractivity contribution in [1.82, 2.24) is 0 Å². The Morgan fingerprint density at radius 3 is 1.29 bits per heavy atom. The van der Waals surface area contributed by atoms with Gasteiger partial charge in [0.1, 0.15) is 11.5 Å². The molecule has 0 amide bonds. The van der Waals surface area contributed by atoms with E-state index in [0.717, 1.165) is 37.2 Å². The van der Waals surface area contributed by atoms with Gasteiger partial charge in [0.2, 0.25) is 0 Å². The van der Waals surface area contributed by atoms with Crippen LogP contribution in [0.2, 0.25) is 0 Å². The number of hydrogen-bond donors (Lipinski definition) is 0. The van der Waals surface area contributed by atoms with Gasteiger partial charge in [-0.2, -0.15) is 0 Å². The van der Waals surface area contributed by atoms with E-state index in [0.29, 0.717) is 0 Å². The Labute approximate surface area is 269 Å². The van der Waals surface area contributed by atoms with Crippen molar-refractivity contribution in [3.8, 4) is 33.8 Å². The van der Waals surface area contributed by atoms with E-state index in [4.69, 9.17) is 4.74 Å². The summed E-state index contributed by atoms with van der Waals surface area (Å²) < 4.78 is 5.98. The number of aryl methyl sites for hydroxylation is 8.